The lowest BCUT2D eigenvalue weighted by Gasteiger charge is -2.14. The molecule has 0 radical (unpaired) electrons. The van der Waals surface area contributed by atoms with Crippen LogP contribution < -0.4 is 19.5 Å². The first-order chi connectivity index (χ1) is 15.5. The number of amides is 1. The third-order valence-corrected chi connectivity index (χ3v) is 5.23. The maximum absolute atomic E-state index is 12.3. The van der Waals surface area contributed by atoms with Gasteiger partial charge in [0.05, 0.1) is 0 Å². The number of ether oxygens (including phenoxy) is 3. The molecule has 2 aromatic carbocycles. The molecule has 0 aliphatic carbocycles. The highest BCUT2D eigenvalue weighted by Gasteiger charge is 2.15. The molecule has 0 spiro atoms. The number of aliphatic hydroxyl groups is 1. The molecule has 1 aromatic heterocycles. The summed E-state index contributed by atoms with van der Waals surface area (Å²) in [7, 11) is 0. The molecule has 2 heterocycles. The number of hydrogen-bond acceptors (Lipinski definition) is 7. The summed E-state index contributed by atoms with van der Waals surface area (Å²) in [6, 6.07) is 13.1. The topological polar surface area (TPSA) is 111 Å². The summed E-state index contributed by atoms with van der Waals surface area (Å²) in [5.41, 5.74) is 2.03. The van der Waals surface area contributed by atoms with Crippen molar-refractivity contribution in [1.82, 2.24) is 20.1 Å². The first-order valence-corrected chi connectivity index (χ1v) is 10.6. The molecule has 0 bridgehead atoms. The zero-order valence-corrected chi connectivity index (χ0v) is 18.4. The molecular weight excluding hydrogens is 432 g/mol. The van der Waals surface area contributed by atoms with Crippen LogP contribution >= 0.6 is 12.2 Å². The number of nitrogens with one attached hydrogen (secondary N) is 2. The Kier molecular flexibility index (Phi) is 6.72. The van der Waals surface area contributed by atoms with Gasteiger partial charge in [0.1, 0.15) is 18.5 Å². The molecule has 32 heavy (non-hydrogen) atoms. The van der Waals surface area contributed by atoms with Gasteiger partial charge in [-0.1, -0.05) is 23.8 Å². The fourth-order valence-electron chi connectivity index (χ4n) is 3.28. The average molecular weight is 457 g/mol. The molecular formula is C22H24N4O5S. The van der Waals surface area contributed by atoms with Crippen molar-refractivity contribution in [3.63, 3.8) is 0 Å². The fraction of sp³-hybridized carbons (Fsp3) is 0.318. The number of aromatic amines is 1. The van der Waals surface area contributed by atoms with E-state index in [-0.39, 0.29) is 32.3 Å². The Hall–Kier alpha value is -3.37. The van der Waals surface area contributed by atoms with Crippen LogP contribution in [0.5, 0.6) is 17.2 Å². The van der Waals surface area contributed by atoms with E-state index in [1.807, 2.05) is 31.2 Å². The number of hydrogen-bond donors (Lipinski definition) is 3. The molecule has 9 nitrogen and oxygen atoms in total. The molecule has 1 aliphatic heterocycles. The van der Waals surface area contributed by atoms with Crippen LogP contribution in [0.1, 0.15) is 12.0 Å². The quantitative estimate of drug-likeness (QED) is 0.425. The summed E-state index contributed by atoms with van der Waals surface area (Å²) >= 11 is 5.31. The van der Waals surface area contributed by atoms with E-state index in [4.69, 9.17) is 26.4 Å². The summed E-state index contributed by atoms with van der Waals surface area (Å²) in [6.07, 6.45) is -0.661. The van der Waals surface area contributed by atoms with E-state index in [9.17, 15) is 9.90 Å². The van der Waals surface area contributed by atoms with Crippen LogP contribution in [0.4, 0.5) is 0 Å². The van der Waals surface area contributed by atoms with Gasteiger partial charge in [0, 0.05) is 31.1 Å². The van der Waals surface area contributed by atoms with E-state index >= 15 is 0 Å². The smallest absolute Gasteiger partial charge is 0.231 e. The van der Waals surface area contributed by atoms with E-state index in [0.29, 0.717) is 34.4 Å². The molecule has 10 heteroatoms. The van der Waals surface area contributed by atoms with Crippen LogP contribution in [-0.4, -0.2) is 51.8 Å². The lowest BCUT2D eigenvalue weighted by Crippen LogP contribution is -2.35. The van der Waals surface area contributed by atoms with Crippen molar-refractivity contribution in [2.75, 3.05) is 19.9 Å². The highest BCUT2D eigenvalue weighted by molar-refractivity contribution is 7.71. The van der Waals surface area contributed by atoms with Gasteiger partial charge in [-0.15, -0.1) is 0 Å². The van der Waals surface area contributed by atoms with Crippen LogP contribution in [-0.2, 0) is 11.3 Å². The molecule has 0 saturated carbocycles. The van der Waals surface area contributed by atoms with Crippen molar-refractivity contribution in [2.45, 2.75) is 26.0 Å². The molecule has 1 atom stereocenters. The van der Waals surface area contributed by atoms with Gasteiger partial charge in [-0.05, 0) is 37.3 Å². The largest absolute Gasteiger partial charge is 0.491 e. The molecule has 1 unspecified atom stereocenters. The number of carbonyl (C=O) groups excluding carboxylic acids is 1. The first-order valence-electron chi connectivity index (χ1n) is 10.2. The summed E-state index contributed by atoms with van der Waals surface area (Å²) in [5.74, 6) is 2.30. The summed E-state index contributed by atoms with van der Waals surface area (Å²) in [4.78, 5) is 12.3. The van der Waals surface area contributed by atoms with Gasteiger partial charge in [-0.3, -0.25) is 14.5 Å². The van der Waals surface area contributed by atoms with E-state index in [1.165, 1.54) is 0 Å². The number of fused-ring (bicyclic) bond motifs is 1. The van der Waals surface area contributed by atoms with Crippen LogP contribution in [0.3, 0.4) is 0 Å². The van der Waals surface area contributed by atoms with Crippen LogP contribution in [0, 0.1) is 11.7 Å². The Balaban J connectivity index is 1.24. The van der Waals surface area contributed by atoms with Gasteiger partial charge in [0.2, 0.25) is 12.7 Å². The number of aryl methyl sites for hydroxylation is 1. The third-order valence-electron chi connectivity index (χ3n) is 4.92. The van der Waals surface area contributed by atoms with Crippen LogP contribution in [0.25, 0.3) is 11.4 Å². The van der Waals surface area contributed by atoms with E-state index in [2.05, 4.69) is 15.5 Å². The molecule has 3 N–H and O–H groups in total. The van der Waals surface area contributed by atoms with Gasteiger partial charge < -0.3 is 24.6 Å². The fourth-order valence-corrected chi connectivity index (χ4v) is 3.50. The first kappa shape index (κ1) is 21.8. The van der Waals surface area contributed by atoms with Gasteiger partial charge in [0.25, 0.3) is 0 Å². The Morgan fingerprint density at radius 1 is 1.31 bits per heavy atom. The SMILES string of the molecule is Cc1cccc(-c2n[nH]c(=S)n2CCC(=O)NCC(O)COc2ccc3c(c2)OCO3)c1. The number of carbonyl (C=O) groups is 1. The summed E-state index contributed by atoms with van der Waals surface area (Å²) in [5, 5.41) is 19.9. The predicted molar refractivity (Wildman–Crippen MR) is 119 cm³/mol. The molecule has 1 amide bonds. The van der Waals surface area contributed by atoms with Gasteiger partial charge >= 0.3 is 0 Å². The summed E-state index contributed by atoms with van der Waals surface area (Å²) < 4.78 is 18.4. The molecule has 0 fully saturated rings. The second-order valence-corrected chi connectivity index (χ2v) is 7.79. The van der Waals surface area contributed by atoms with Crippen LogP contribution in [0.15, 0.2) is 42.5 Å². The monoisotopic (exact) mass is 456 g/mol. The number of aliphatic hydroxyl groups excluding tert-OH is 1. The van der Waals surface area contributed by atoms with Gasteiger partial charge in [-0.25, -0.2) is 0 Å². The predicted octanol–water partition coefficient (Wildman–Crippen LogP) is 2.59. The lowest BCUT2D eigenvalue weighted by molar-refractivity contribution is -0.121. The summed E-state index contributed by atoms with van der Waals surface area (Å²) in [6.45, 7) is 2.66. The van der Waals surface area contributed by atoms with Gasteiger partial charge in [-0.2, -0.15) is 5.10 Å². The lowest BCUT2D eigenvalue weighted by atomic mass is 10.1. The highest BCUT2D eigenvalue weighted by atomic mass is 32.1. The Bertz CT molecular complexity index is 1160. The van der Waals surface area contributed by atoms with Crippen molar-refractivity contribution in [2.24, 2.45) is 0 Å². The van der Waals surface area contributed by atoms with E-state index in [1.54, 1.807) is 22.8 Å². The molecule has 1 aliphatic rings. The maximum atomic E-state index is 12.3. The minimum Gasteiger partial charge on any atom is -0.491 e. The minimum atomic E-state index is -0.858. The standard InChI is InChI=1S/C22H24N4O5S/c1-14-3-2-4-15(9-14)21-24-25-22(32)26(21)8-7-20(28)23-11-16(27)12-29-17-5-6-18-19(10-17)31-13-30-18/h2-6,9-10,16,27H,7-8,11-13H2,1H3,(H,23,28)(H,25,32). The highest BCUT2D eigenvalue weighted by Crippen LogP contribution is 2.35. The Morgan fingerprint density at radius 2 is 2.16 bits per heavy atom. The number of rotatable bonds is 9. The number of benzene rings is 2. The second-order valence-electron chi connectivity index (χ2n) is 7.41. The normalized spacial score (nSPS) is 13.1. The van der Waals surface area contributed by atoms with Gasteiger partial charge in [0.15, 0.2) is 22.1 Å². The van der Waals surface area contributed by atoms with E-state index < -0.39 is 6.10 Å². The molecule has 0 saturated heterocycles. The van der Waals surface area contributed by atoms with Crippen LogP contribution in [0.2, 0.25) is 0 Å². The molecule has 168 valence electrons. The average Bonchev–Trinajstić information content (AvgIpc) is 3.40. The number of H-pyrrole nitrogens is 1. The molecule has 3 aromatic rings. The maximum Gasteiger partial charge on any atom is 0.231 e. The Morgan fingerprint density at radius 3 is 3.00 bits per heavy atom. The molecule has 4 rings (SSSR count). The van der Waals surface area contributed by atoms with E-state index in [0.717, 1.165) is 11.1 Å². The van der Waals surface area contributed by atoms with Crippen molar-refractivity contribution in [1.29, 1.82) is 0 Å². The third kappa shape index (κ3) is 5.27. The second kappa shape index (κ2) is 9.84. The van der Waals surface area contributed by atoms with Crippen molar-refractivity contribution in [3.8, 4) is 28.6 Å². The number of nitrogens with zero attached hydrogens (tertiary/aromatic N) is 2. The zero-order valence-electron chi connectivity index (χ0n) is 17.5. The zero-order chi connectivity index (χ0) is 22.5. The van der Waals surface area contributed by atoms with Crippen molar-refractivity contribution in [3.05, 3.63) is 52.8 Å². The Labute approximate surface area is 189 Å². The van der Waals surface area contributed by atoms with Crippen molar-refractivity contribution >= 4 is 18.1 Å². The number of aromatic nitrogens is 3. The van der Waals surface area contributed by atoms with Crippen molar-refractivity contribution < 1.29 is 24.1 Å². The minimum absolute atomic E-state index is 0.0320.